The second-order valence-electron chi connectivity index (χ2n) is 5.81. The minimum atomic E-state index is -3.91. The van der Waals surface area contributed by atoms with Gasteiger partial charge >= 0.3 is 0 Å². The number of nitrogens with one attached hydrogen (secondary N) is 1. The van der Waals surface area contributed by atoms with Crippen LogP contribution in [0, 0.1) is 5.92 Å². The first-order chi connectivity index (χ1) is 11.1. The van der Waals surface area contributed by atoms with Gasteiger partial charge in [0, 0.05) is 13.0 Å². The molecule has 0 radical (unpaired) electrons. The predicted octanol–water partition coefficient (Wildman–Crippen LogP) is 0.696. The highest BCUT2D eigenvalue weighted by molar-refractivity contribution is 7.94. The van der Waals surface area contributed by atoms with E-state index in [4.69, 9.17) is 4.74 Å². The summed E-state index contributed by atoms with van der Waals surface area (Å²) in [6.45, 7) is 3.92. The van der Waals surface area contributed by atoms with Crippen LogP contribution in [0.25, 0.3) is 0 Å². The Morgan fingerprint density at radius 1 is 1.33 bits per heavy atom. The Balaban J connectivity index is 2.51. The maximum atomic E-state index is 12.5. The molecule has 0 aliphatic carbocycles. The summed E-state index contributed by atoms with van der Waals surface area (Å²) >= 11 is 0. The molecule has 0 aromatic heterocycles. The van der Waals surface area contributed by atoms with Gasteiger partial charge in [0.15, 0.2) is 0 Å². The Morgan fingerprint density at radius 2 is 2.00 bits per heavy atom. The first-order valence-corrected chi connectivity index (χ1v) is 10.4. The highest BCUT2D eigenvalue weighted by atomic mass is 32.2. The molecule has 0 saturated carbocycles. The van der Waals surface area contributed by atoms with E-state index < -0.39 is 26.0 Å². The molecule has 0 spiro atoms. The van der Waals surface area contributed by atoms with Crippen LogP contribution in [0.3, 0.4) is 0 Å². The fraction of sp³-hybridized carbons (Fsp3) is 0.500. The topological polar surface area (TPSA) is 110 Å². The van der Waals surface area contributed by atoms with E-state index in [9.17, 15) is 21.6 Å². The normalized spacial score (nSPS) is 17.5. The van der Waals surface area contributed by atoms with E-state index in [0.29, 0.717) is 4.31 Å². The van der Waals surface area contributed by atoms with Crippen molar-refractivity contribution >= 4 is 31.6 Å². The molecule has 0 atom stereocenters. The molecular weight excluding hydrogens is 356 g/mol. The van der Waals surface area contributed by atoms with Gasteiger partial charge in [0.2, 0.25) is 26.0 Å². The largest absolute Gasteiger partial charge is 0.495 e. The maximum Gasteiger partial charge on any atom is 0.244 e. The van der Waals surface area contributed by atoms with Gasteiger partial charge in [0.1, 0.15) is 10.6 Å². The number of sulfonamides is 2. The van der Waals surface area contributed by atoms with Gasteiger partial charge in [-0.1, -0.05) is 13.8 Å². The highest BCUT2D eigenvalue weighted by Gasteiger charge is 2.37. The molecule has 1 heterocycles. The minimum Gasteiger partial charge on any atom is -0.495 e. The van der Waals surface area contributed by atoms with Crippen molar-refractivity contribution in [3.05, 3.63) is 18.2 Å². The second kappa shape index (κ2) is 6.69. The lowest BCUT2D eigenvalue weighted by Gasteiger charge is -2.18. The van der Waals surface area contributed by atoms with Crippen LogP contribution < -0.4 is 13.8 Å². The van der Waals surface area contributed by atoms with Crippen molar-refractivity contribution in [3.63, 3.8) is 0 Å². The molecule has 1 aliphatic rings. The number of hydrogen-bond donors (Lipinski definition) is 1. The van der Waals surface area contributed by atoms with Crippen molar-refractivity contribution in [2.45, 2.75) is 25.2 Å². The van der Waals surface area contributed by atoms with Crippen LogP contribution >= 0.6 is 0 Å². The van der Waals surface area contributed by atoms with Crippen molar-refractivity contribution in [2.24, 2.45) is 5.92 Å². The molecule has 1 fully saturated rings. The molecule has 1 aromatic rings. The molecule has 1 amide bonds. The summed E-state index contributed by atoms with van der Waals surface area (Å²) in [5.74, 6) is -0.710. The molecule has 0 unspecified atom stereocenters. The summed E-state index contributed by atoms with van der Waals surface area (Å²) < 4.78 is 57.1. The average molecular weight is 376 g/mol. The van der Waals surface area contributed by atoms with Crippen LogP contribution in [0.1, 0.15) is 20.3 Å². The number of anilines is 1. The predicted molar refractivity (Wildman–Crippen MR) is 88.9 cm³/mol. The Hall–Kier alpha value is -1.65. The maximum absolute atomic E-state index is 12.5. The van der Waals surface area contributed by atoms with Gasteiger partial charge in [0.25, 0.3) is 0 Å². The zero-order valence-electron chi connectivity index (χ0n) is 13.6. The number of nitrogens with zero attached hydrogens (tertiary/aromatic N) is 1. The van der Waals surface area contributed by atoms with Crippen LogP contribution in [0.15, 0.2) is 23.1 Å². The van der Waals surface area contributed by atoms with Crippen LogP contribution in [0.5, 0.6) is 5.75 Å². The summed E-state index contributed by atoms with van der Waals surface area (Å²) in [5, 5.41) is 0. The molecule has 134 valence electrons. The van der Waals surface area contributed by atoms with Crippen molar-refractivity contribution in [1.29, 1.82) is 0 Å². The number of ether oxygens (including phenoxy) is 1. The smallest absolute Gasteiger partial charge is 0.244 e. The van der Waals surface area contributed by atoms with Gasteiger partial charge < -0.3 is 4.74 Å². The van der Waals surface area contributed by atoms with Crippen molar-refractivity contribution in [1.82, 2.24) is 4.72 Å². The number of benzene rings is 1. The number of amides is 1. The van der Waals surface area contributed by atoms with Crippen LogP contribution in [0.2, 0.25) is 0 Å². The fourth-order valence-corrected chi connectivity index (χ4v) is 5.08. The van der Waals surface area contributed by atoms with Crippen LogP contribution in [-0.2, 0) is 24.8 Å². The minimum absolute atomic E-state index is 0.0109. The third-order valence-corrected chi connectivity index (χ3v) is 6.57. The first kappa shape index (κ1) is 18.7. The van der Waals surface area contributed by atoms with Crippen LogP contribution in [0.4, 0.5) is 5.69 Å². The summed E-state index contributed by atoms with van der Waals surface area (Å²) in [7, 11) is -6.37. The van der Waals surface area contributed by atoms with E-state index in [-0.39, 0.29) is 41.0 Å². The average Bonchev–Trinajstić information content (AvgIpc) is 2.78. The molecule has 0 bridgehead atoms. The number of hydrogen-bond acceptors (Lipinski definition) is 6. The molecule has 1 aliphatic heterocycles. The standard InChI is InChI=1S/C14H20N2O6S2/c1-10(2)9-15-24(20,21)13-8-11(4-5-12(13)22-3)16-14(17)6-7-23(16,18)19/h4-5,8,10,15H,6-7,9H2,1-3H3. The lowest BCUT2D eigenvalue weighted by atomic mass is 10.2. The molecule has 1 N–H and O–H groups in total. The third kappa shape index (κ3) is 3.70. The Kier molecular flexibility index (Phi) is 5.21. The Bertz CT molecular complexity index is 846. The SMILES string of the molecule is COc1ccc(N2C(=O)CCS2(=O)=O)cc1S(=O)(=O)NCC(C)C. The molecule has 1 saturated heterocycles. The Morgan fingerprint density at radius 3 is 2.50 bits per heavy atom. The van der Waals surface area contributed by atoms with Gasteiger partial charge in [-0.05, 0) is 24.1 Å². The Labute approximate surface area is 141 Å². The van der Waals surface area contributed by atoms with E-state index in [1.807, 2.05) is 13.8 Å². The van der Waals surface area contributed by atoms with E-state index in [1.165, 1.54) is 19.2 Å². The zero-order valence-corrected chi connectivity index (χ0v) is 15.3. The van der Waals surface area contributed by atoms with Gasteiger partial charge in [-0.2, -0.15) is 0 Å². The van der Waals surface area contributed by atoms with Gasteiger partial charge in [-0.3, -0.25) is 4.79 Å². The van der Waals surface area contributed by atoms with Crippen molar-refractivity contribution < 1.29 is 26.4 Å². The molecule has 2 rings (SSSR count). The highest BCUT2D eigenvalue weighted by Crippen LogP contribution is 2.32. The first-order valence-electron chi connectivity index (χ1n) is 7.32. The van der Waals surface area contributed by atoms with Crippen molar-refractivity contribution in [2.75, 3.05) is 23.7 Å². The number of rotatable bonds is 6. The fourth-order valence-electron chi connectivity index (χ4n) is 2.22. The molecule has 10 heteroatoms. The van der Waals surface area contributed by atoms with E-state index >= 15 is 0 Å². The molecule has 8 nitrogen and oxygen atoms in total. The molecular formula is C14H20N2O6S2. The number of carbonyl (C=O) groups is 1. The molecule has 24 heavy (non-hydrogen) atoms. The monoisotopic (exact) mass is 376 g/mol. The molecule has 1 aromatic carbocycles. The van der Waals surface area contributed by atoms with E-state index in [1.54, 1.807) is 0 Å². The second-order valence-corrected chi connectivity index (χ2v) is 9.48. The summed E-state index contributed by atoms with van der Waals surface area (Å²) in [6.07, 6.45) is -0.123. The third-order valence-electron chi connectivity index (χ3n) is 3.43. The number of carbonyl (C=O) groups excluding carboxylic acids is 1. The summed E-state index contributed by atoms with van der Waals surface area (Å²) in [6, 6.07) is 3.82. The van der Waals surface area contributed by atoms with Gasteiger partial charge in [-0.25, -0.2) is 25.9 Å². The summed E-state index contributed by atoms with van der Waals surface area (Å²) in [4.78, 5) is 11.7. The van der Waals surface area contributed by atoms with Crippen molar-refractivity contribution in [3.8, 4) is 5.75 Å². The van der Waals surface area contributed by atoms with Gasteiger partial charge in [0.05, 0.1) is 18.6 Å². The van der Waals surface area contributed by atoms with E-state index in [2.05, 4.69) is 4.72 Å². The zero-order chi connectivity index (χ0) is 18.1. The summed E-state index contributed by atoms with van der Waals surface area (Å²) in [5.41, 5.74) is -0.0109. The quantitative estimate of drug-likeness (QED) is 0.782. The van der Waals surface area contributed by atoms with E-state index in [0.717, 1.165) is 6.07 Å². The van der Waals surface area contributed by atoms with Crippen LogP contribution in [-0.4, -0.2) is 42.2 Å². The lowest BCUT2D eigenvalue weighted by molar-refractivity contribution is -0.116. The van der Waals surface area contributed by atoms with Gasteiger partial charge in [-0.15, -0.1) is 0 Å². The number of methoxy groups -OCH3 is 1. The lowest BCUT2D eigenvalue weighted by Crippen LogP contribution is -2.30.